The van der Waals surface area contributed by atoms with Crippen molar-refractivity contribution in [1.82, 2.24) is 5.32 Å². The van der Waals surface area contributed by atoms with E-state index in [2.05, 4.69) is 19.2 Å². The summed E-state index contributed by atoms with van der Waals surface area (Å²) < 4.78 is 17.2. The molecule has 5 nitrogen and oxygen atoms in total. The Morgan fingerprint density at radius 3 is 1.65 bits per heavy atom. The van der Waals surface area contributed by atoms with Crippen LogP contribution >= 0.6 is 0 Å². The zero-order valence-electron chi connectivity index (χ0n) is 18.9. The molecular weight excluding hydrogens is 330 g/mol. The molecule has 0 aromatic heterocycles. The molecule has 0 bridgehead atoms. The van der Waals surface area contributed by atoms with Crippen LogP contribution in [0.2, 0.25) is 0 Å². The highest BCUT2D eigenvalue weighted by Gasteiger charge is 2.25. The molecule has 1 amide bonds. The molecule has 0 saturated heterocycles. The molecule has 0 aliphatic carbocycles. The van der Waals surface area contributed by atoms with Crippen molar-refractivity contribution in [2.24, 2.45) is 0 Å². The quantitative estimate of drug-likeness (QED) is 0.517. The van der Waals surface area contributed by atoms with Crippen LogP contribution in [0.3, 0.4) is 0 Å². The van der Waals surface area contributed by atoms with Gasteiger partial charge in [0.15, 0.2) is 0 Å². The van der Waals surface area contributed by atoms with Gasteiger partial charge < -0.3 is 19.5 Å². The van der Waals surface area contributed by atoms with Crippen molar-refractivity contribution < 1.29 is 19.0 Å². The Bertz CT molecular complexity index is 417. The second-order valence-corrected chi connectivity index (χ2v) is 10.3. The van der Waals surface area contributed by atoms with Crippen LogP contribution in [0.1, 0.15) is 94.9 Å². The average Bonchev–Trinajstić information content (AvgIpc) is 2.36. The second-order valence-electron chi connectivity index (χ2n) is 10.3. The maximum atomic E-state index is 11.9. The monoisotopic (exact) mass is 373 g/mol. The summed E-state index contributed by atoms with van der Waals surface area (Å²) in [5.74, 6) is 0. The van der Waals surface area contributed by atoms with Crippen molar-refractivity contribution in [2.75, 3.05) is 13.2 Å². The summed E-state index contributed by atoms with van der Waals surface area (Å²) in [4.78, 5) is 11.9. The number of alkyl carbamates (subject to hydrolysis) is 1. The molecule has 0 unspecified atom stereocenters. The van der Waals surface area contributed by atoms with Crippen LogP contribution in [0.4, 0.5) is 4.79 Å². The standard InChI is InChI=1S/C21H43NO4/c1-18(2,3)22-17(23)26-21(9,10)14-12-11-13-20(7,8)25-16-15-24-19(4,5)6/h11-16H2,1-10H3,(H,22,23). The van der Waals surface area contributed by atoms with Gasteiger partial charge in [-0.2, -0.15) is 0 Å². The van der Waals surface area contributed by atoms with Crippen molar-refractivity contribution in [3.05, 3.63) is 0 Å². The minimum Gasteiger partial charge on any atom is -0.444 e. The van der Waals surface area contributed by atoms with E-state index >= 15 is 0 Å². The topological polar surface area (TPSA) is 56.8 Å². The molecule has 0 aromatic carbocycles. The van der Waals surface area contributed by atoms with Crippen LogP contribution < -0.4 is 5.32 Å². The fraction of sp³-hybridized carbons (Fsp3) is 0.952. The predicted octanol–water partition coefficient (Wildman–Crippen LogP) is 5.46. The van der Waals surface area contributed by atoms with Gasteiger partial charge in [-0.15, -0.1) is 0 Å². The van der Waals surface area contributed by atoms with E-state index in [0.29, 0.717) is 13.2 Å². The molecule has 0 saturated carbocycles. The number of amides is 1. The first-order valence-corrected chi connectivity index (χ1v) is 9.81. The van der Waals surface area contributed by atoms with Crippen LogP contribution in [-0.2, 0) is 14.2 Å². The lowest BCUT2D eigenvalue weighted by Crippen LogP contribution is -2.44. The Morgan fingerprint density at radius 1 is 0.731 bits per heavy atom. The summed E-state index contributed by atoms with van der Waals surface area (Å²) in [6, 6.07) is 0. The first kappa shape index (κ1) is 25.2. The largest absolute Gasteiger partial charge is 0.444 e. The van der Waals surface area contributed by atoms with E-state index in [-0.39, 0.29) is 22.8 Å². The van der Waals surface area contributed by atoms with Gasteiger partial charge in [0.1, 0.15) is 5.60 Å². The number of unbranched alkanes of at least 4 members (excludes halogenated alkanes) is 1. The van der Waals surface area contributed by atoms with E-state index in [4.69, 9.17) is 14.2 Å². The highest BCUT2D eigenvalue weighted by atomic mass is 16.6. The minimum absolute atomic E-state index is 0.127. The van der Waals surface area contributed by atoms with Gasteiger partial charge >= 0.3 is 6.09 Å². The molecule has 0 aromatic rings. The molecule has 0 heterocycles. The molecule has 0 aliphatic rings. The Balaban J connectivity index is 4.05. The summed E-state index contributed by atoms with van der Waals surface area (Å²) in [5, 5.41) is 2.84. The molecule has 0 aliphatic heterocycles. The number of rotatable bonds is 10. The highest BCUT2D eigenvalue weighted by Crippen LogP contribution is 2.23. The molecule has 0 fully saturated rings. The summed E-state index contributed by atoms with van der Waals surface area (Å²) in [6.07, 6.45) is 3.45. The van der Waals surface area contributed by atoms with Crippen molar-refractivity contribution in [2.45, 2.75) is 117 Å². The van der Waals surface area contributed by atoms with Crippen molar-refractivity contribution in [3.8, 4) is 0 Å². The van der Waals surface area contributed by atoms with E-state index in [1.807, 2.05) is 55.4 Å². The van der Waals surface area contributed by atoms with Crippen LogP contribution in [0.5, 0.6) is 0 Å². The Morgan fingerprint density at radius 2 is 1.19 bits per heavy atom. The molecule has 156 valence electrons. The van der Waals surface area contributed by atoms with Gasteiger partial charge in [-0.05, 0) is 88.5 Å². The number of carbonyl (C=O) groups is 1. The molecule has 0 rings (SSSR count). The van der Waals surface area contributed by atoms with Crippen molar-refractivity contribution in [3.63, 3.8) is 0 Å². The zero-order valence-corrected chi connectivity index (χ0v) is 18.9. The molecule has 0 atom stereocenters. The molecule has 0 radical (unpaired) electrons. The molecule has 1 N–H and O–H groups in total. The number of hydrogen-bond donors (Lipinski definition) is 1. The molecule has 5 heteroatoms. The van der Waals surface area contributed by atoms with Gasteiger partial charge in [-0.3, -0.25) is 0 Å². The number of ether oxygens (including phenoxy) is 3. The fourth-order valence-corrected chi connectivity index (χ4v) is 2.47. The third kappa shape index (κ3) is 15.4. The maximum Gasteiger partial charge on any atom is 0.408 e. The number of carbonyl (C=O) groups excluding carboxylic acids is 1. The van der Waals surface area contributed by atoms with E-state index in [1.54, 1.807) is 0 Å². The van der Waals surface area contributed by atoms with E-state index < -0.39 is 5.60 Å². The number of nitrogens with one attached hydrogen (secondary N) is 1. The second kappa shape index (κ2) is 9.93. The van der Waals surface area contributed by atoms with Crippen LogP contribution in [-0.4, -0.2) is 41.6 Å². The predicted molar refractivity (Wildman–Crippen MR) is 108 cm³/mol. The third-order valence-electron chi connectivity index (χ3n) is 3.76. The first-order chi connectivity index (χ1) is 11.5. The van der Waals surface area contributed by atoms with Crippen molar-refractivity contribution >= 4 is 6.09 Å². The molecule has 26 heavy (non-hydrogen) atoms. The highest BCUT2D eigenvalue weighted by molar-refractivity contribution is 5.68. The van der Waals surface area contributed by atoms with Gasteiger partial charge in [0.05, 0.1) is 24.4 Å². The smallest absolute Gasteiger partial charge is 0.408 e. The van der Waals surface area contributed by atoms with Gasteiger partial charge in [0.2, 0.25) is 0 Å². The molecule has 0 spiro atoms. The lowest BCUT2D eigenvalue weighted by molar-refractivity contribution is -0.0819. The number of hydrogen-bond acceptors (Lipinski definition) is 4. The lowest BCUT2D eigenvalue weighted by Gasteiger charge is -2.29. The van der Waals surface area contributed by atoms with Crippen LogP contribution in [0, 0.1) is 0 Å². The van der Waals surface area contributed by atoms with E-state index in [0.717, 1.165) is 25.7 Å². The Kier molecular flexibility index (Phi) is 9.62. The average molecular weight is 374 g/mol. The van der Waals surface area contributed by atoms with Crippen LogP contribution in [0.15, 0.2) is 0 Å². The summed E-state index contributed by atoms with van der Waals surface area (Å²) >= 11 is 0. The molecular formula is C21H43NO4. The van der Waals surface area contributed by atoms with Gasteiger partial charge in [0, 0.05) is 5.54 Å². The van der Waals surface area contributed by atoms with E-state index in [9.17, 15) is 4.79 Å². The summed E-state index contributed by atoms with van der Waals surface area (Å²) in [7, 11) is 0. The van der Waals surface area contributed by atoms with E-state index in [1.165, 1.54) is 0 Å². The van der Waals surface area contributed by atoms with Gasteiger partial charge in [0.25, 0.3) is 0 Å². The zero-order chi connectivity index (χ0) is 20.6. The third-order valence-corrected chi connectivity index (χ3v) is 3.76. The van der Waals surface area contributed by atoms with Crippen molar-refractivity contribution in [1.29, 1.82) is 0 Å². The Hall–Kier alpha value is -0.810. The van der Waals surface area contributed by atoms with Gasteiger partial charge in [-0.25, -0.2) is 4.79 Å². The normalized spacial score (nSPS) is 13.6. The SMILES string of the molecule is CC(C)(C)NC(=O)OC(C)(C)CCCCC(C)(C)OCCOC(C)(C)C. The Labute approximate surface area is 161 Å². The van der Waals surface area contributed by atoms with Gasteiger partial charge in [-0.1, -0.05) is 6.42 Å². The fourth-order valence-electron chi connectivity index (χ4n) is 2.47. The minimum atomic E-state index is -0.471. The lowest BCUT2D eigenvalue weighted by atomic mass is 9.95. The summed E-state index contributed by atoms with van der Waals surface area (Å²) in [6.45, 7) is 21.3. The summed E-state index contributed by atoms with van der Waals surface area (Å²) in [5.41, 5.74) is -1.06. The maximum absolute atomic E-state index is 11.9. The first-order valence-electron chi connectivity index (χ1n) is 9.81. The van der Waals surface area contributed by atoms with Crippen LogP contribution in [0.25, 0.3) is 0 Å².